The second kappa shape index (κ2) is 7.31. The third-order valence-corrected chi connectivity index (χ3v) is 6.12. The maximum Gasteiger partial charge on any atom is 0.219 e. The fourth-order valence-electron chi connectivity index (χ4n) is 4.78. The van der Waals surface area contributed by atoms with Crippen LogP contribution in [-0.4, -0.2) is 72.5 Å². The Morgan fingerprint density at radius 2 is 1.68 bits per heavy atom. The molecule has 0 radical (unpaired) electrons. The Morgan fingerprint density at radius 1 is 1.00 bits per heavy atom. The minimum absolute atomic E-state index is 0.234. The van der Waals surface area contributed by atoms with Crippen LogP contribution in [0, 0.1) is 11.8 Å². The van der Waals surface area contributed by atoms with Crippen molar-refractivity contribution in [1.29, 1.82) is 0 Å². The van der Waals surface area contributed by atoms with Crippen molar-refractivity contribution in [2.24, 2.45) is 11.8 Å². The zero-order valence-corrected chi connectivity index (χ0v) is 14.5. The number of nitrogens with zero attached hydrogens (tertiary/aromatic N) is 3. The van der Waals surface area contributed by atoms with Crippen molar-refractivity contribution in [3.8, 4) is 0 Å². The third kappa shape index (κ3) is 3.83. The topological polar surface area (TPSA) is 26.8 Å². The molecule has 0 bridgehead atoms. The van der Waals surface area contributed by atoms with E-state index >= 15 is 0 Å². The molecule has 2 atom stereocenters. The molecule has 1 aliphatic carbocycles. The molecule has 4 heteroatoms. The van der Waals surface area contributed by atoms with Crippen LogP contribution >= 0.6 is 0 Å². The lowest BCUT2D eigenvalue weighted by molar-refractivity contribution is -0.130. The molecule has 126 valence electrons. The molecule has 0 aromatic carbocycles. The highest BCUT2D eigenvalue weighted by Crippen LogP contribution is 2.28. The summed E-state index contributed by atoms with van der Waals surface area (Å²) in [4.78, 5) is 18.8. The SMILES string of the molecule is CC(=O)N1CCN([C@H]2CN(CC3CCCCC3)C[C@@H]2C)CC1. The van der Waals surface area contributed by atoms with Crippen LogP contribution in [0.3, 0.4) is 0 Å². The van der Waals surface area contributed by atoms with Crippen molar-refractivity contribution in [2.75, 3.05) is 45.8 Å². The molecule has 0 N–H and O–H groups in total. The lowest BCUT2D eigenvalue weighted by Gasteiger charge is -2.39. The van der Waals surface area contributed by atoms with Crippen LogP contribution < -0.4 is 0 Å². The first-order valence-electron chi connectivity index (χ1n) is 9.35. The third-order valence-electron chi connectivity index (χ3n) is 6.12. The van der Waals surface area contributed by atoms with E-state index in [9.17, 15) is 4.79 Å². The number of rotatable bonds is 3. The van der Waals surface area contributed by atoms with Crippen molar-refractivity contribution in [3.05, 3.63) is 0 Å². The van der Waals surface area contributed by atoms with Crippen molar-refractivity contribution in [2.45, 2.75) is 52.0 Å². The first-order chi connectivity index (χ1) is 10.6. The number of hydrogen-bond acceptors (Lipinski definition) is 3. The van der Waals surface area contributed by atoms with E-state index in [2.05, 4.69) is 16.7 Å². The van der Waals surface area contributed by atoms with E-state index in [1.165, 1.54) is 51.7 Å². The van der Waals surface area contributed by atoms with Crippen LogP contribution in [0.5, 0.6) is 0 Å². The Balaban J connectivity index is 1.47. The van der Waals surface area contributed by atoms with Crippen LogP contribution in [-0.2, 0) is 4.79 Å². The molecule has 3 rings (SSSR count). The van der Waals surface area contributed by atoms with Gasteiger partial charge in [0.1, 0.15) is 0 Å². The minimum atomic E-state index is 0.234. The first kappa shape index (κ1) is 16.3. The molecule has 22 heavy (non-hydrogen) atoms. The number of piperazine rings is 1. The quantitative estimate of drug-likeness (QED) is 0.798. The summed E-state index contributed by atoms with van der Waals surface area (Å²) in [6.07, 6.45) is 7.25. The van der Waals surface area contributed by atoms with Crippen molar-refractivity contribution < 1.29 is 4.79 Å². The molecule has 0 unspecified atom stereocenters. The number of amides is 1. The van der Waals surface area contributed by atoms with E-state index in [-0.39, 0.29) is 5.91 Å². The van der Waals surface area contributed by atoms with Crippen LogP contribution in [0.1, 0.15) is 46.0 Å². The predicted octanol–water partition coefficient (Wildman–Crippen LogP) is 2.05. The summed E-state index contributed by atoms with van der Waals surface area (Å²) < 4.78 is 0. The smallest absolute Gasteiger partial charge is 0.219 e. The van der Waals surface area contributed by atoms with E-state index in [1.54, 1.807) is 6.92 Å². The summed E-state index contributed by atoms with van der Waals surface area (Å²) in [5.41, 5.74) is 0. The van der Waals surface area contributed by atoms with Gasteiger partial charge in [0, 0.05) is 58.8 Å². The highest BCUT2D eigenvalue weighted by Gasteiger charge is 2.36. The lowest BCUT2D eigenvalue weighted by atomic mass is 9.89. The van der Waals surface area contributed by atoms with Crippen LogP contribution in [0.4, 0.5) is 0 Å². The van der Waals surface area contributed by atoms with Gasteiger partial charge in [0.2, 0.25) is 5.91 Å². The maximum absolute atomic E-state index is 11.5. The Bertz CT molecular complexity index is 373. The predicted molar refractivity (Wildman–Crippen MR) is 89.8 cm³/mol. The maximum atomic E-state index is 11.5. The molecule has 3 fully saturated rings. The van der Waals surface area contributed by atoms with Gasteiger partial charge in [-0.2, -0.15) is 0 Å². The monoisotopic (exact) mass is 307 g/mol. The highest BCUT2D eigenvalue weighted by molar-refractivity contribution is 5.73. The molecule has 3 aliphatic rings. The fourth-order valence-corrected chi connectivity index (χ4v) is 4.78. The Hall–Kier alpha value is -0.610. The zero-order valence-electron chi connectivity index (χ0n) is 14.5. The standard InChI is InChI=1S/C18H33N3O/c1-15-12-19(13-17-6-4-3-5-7-17)14-18(15)21-10-8-20(9-11-21)16(2)22/h15,17-18H,3-14H2,1-2H3/t15-,18-/m0/s1. The van der Waals surface area contributed by atoms with Crippen LogP contribution in [0.2, 0.25) is 0 Å². The van der Waals surface area contributed by atoms with Gasteiger partial charge in [-0.05, 0) is 24.7 Å². The normalized spacial score (nSPS) is 32.5. The Morgan fingerprint density at radius 3 is 2.32 bits per heavy atom. The number of carbonyl (C=O) groups is 1. The van der Waals surface area contributed by atoms with E-state index in [0.717, 1.165) is 38.0 Å². The molecule has 0 aromatic heterocycles. The molecular weight excluding hydrogens is 274 g/mol. The molecule has 4 nitrogen and oxygen atoms in total. The van der Waals surface area contributed by atoms with Gasteiger partial charge in [0.05, 0.1) is 0 Å². The van der Waals surface area contributed by atoms with Gasteiger partial charge >= 0.3 is 0 Å². The largest absolute Gasteiger partial charge is 0.340 e. The summed E-state index contributed by atoms with van der Waals surface area (Å²) in [6.45, 7) is 11.9. The van der Waals surface area contributed by atoms with Crippen molar-refractivity contribution >= 4 is 5.91 Å². The molecule has 1 amide bonds. The number of carbonyl (C=O) groups excluding carboxylic acids is 1. The summed E-state index contributed by atoms with van der Waals surface area (Å²) in [6, 6.07) is 0.706. The number of hydrogen-bond donors (Lipinski definition) is 0. The Labute approximate surface area is 135 Å². The fraction of sp³-hybridized carbons (Fsp3) is 0.944. The van der Waals surface area contributed by atoms with E-state index in [1.807, 2.05) is 4.90 Å². The van der Waals surface area contributed by atoms with E-state index < -0.39 is 0 Å². The lowest BCUT2D eigenvalue weighted by Crippen LogP contribution is -2.53. The number of likely N-dealkylation sites (tertiary alicyclic amines) is 1. The molecule has 1 saturated carbocycles. The van der Waals surface area contributed by atoms with Gasteiger partial charge in [0.25, 0.3) is 0 Å². The van der Waals surface area contributed by atoms with E-state index in [4.69, 9.17) is 0 Å². The van der Waals surface area contributed by atoms with Crippen LogP contribution in [0.15, 0.2) is 0 Å². The average Bonchev–Trinajstić information content (AvgIpc) is 2.89. The van der Waals surface area contributed by atoms with Crippen LogP contribution in [0.25, 0.3) is 0 Å². The van der Waals surface area contributed by atoms with Gasteiger partial charge < -0.3 is 9.80 Å². The van der Waals surface area contributed by atoms with E-state index in [0.29, 0.717) is 6.04 Å². The van der Waals surface area contributed by atoms with Crippen molar-refractivity contribution in [1.82, 2.24) is 14.7 Å². The average molecular weight is 307 g/mol. The molecule has 2 saturated heterocycles. The van der Waals surface area contributed by atoms with Gasteiger partial charge in [-0.1, -0.05) is 26.2 Å². The first-order valence-corrected chi connectivity index (χ1v) is 9.35. The summed E-state index contributed by atoms with van der Waals surface area (Å²) in [5.74, 6) is 1.96. The molecular formula is C18H33N3O. The molecule has 0 spiro atoms. The molecule has 2 aliphatic heterocycles. The summed E-state index contributed by atoms with van der Waals surface area (Å²) in [7, 11) is 0. The highest BCUT2D eigenvalue weighted by atomic mass is 16.2. The second-order valence-electron chi connectivity index (χ2n) is 7.81. The van der Waals surface area contributed by atoms with Gasteiger partial charge in [-0.25, -0.2) is 0 Å². The minimum Gasteiger partial charge on any atom is -0.340 e. The summed E-state index contributed by atoms with van der Waals surface area (Å²) in [5, 5.41) is 0. The molecule has 0 aromatic rings. The molecule has 2 heterocycles. The van der Waals surface area contributed by atoms with Gasteiger partial charge in [-0.3, -0.25) is 9.69 Å². The van der Waals surface area contributed by atoms with Gasteiger partial charge in [-0.15, -0.1) is 0 Å². The zero-order chi connectivity index (χ0) is 15.5. The van der Waals surface area contributed by atoms with Gasteiger partial charge in [0.15, 0.2) is 0 Å². The Kier molecular flexibility index (Phi) is 5.40. The second-order valence-corrected chi connectivity index (χ2v) is 7.81. The van der Waals surface area contributed by atoms with Crippen molar-refractivity contribution in [3.63, 3.8) is 0 Å². The summed E-state index contributed by atoms with van der Waals surface area (Å²) >= 11 is 0.